The van der Waals surface area contributed by atoms with E-state index in [0.717, 1.165) is 12.2 Å². The Labute approximate surface area is 107 Å². The van der Waals surface area contributed by atoms with Crippen molar-refractivity contribution < 1.29 is 14.3 Å². The highest BCUT2D eigenvalue weighted by Gasteiger charge is 2.32. The van der Waals surface area contributed by atoms with Gasteiger partial charge in [0, 0.05) is 6.42 Å². The standard InChI is InChI=1S/C15H18O3/c1-10(16)14-9-12(5-8-15(14)17)11-3-6-13(18-2)7-4-11/h3-4,6-7,12,14H,5,8-9H2,1-2H3/t12-,14-/m1/s1. The number of benzene rings is 1. The van der Waals surface area contributed by atoms with Crippen LogP contribution in [0, 0.1) is 5.92 Å². The van der Waals surface area contributed by atoms with Gasteiger partial charge in [-0.1, -0.05) is 12.1 Å². The van der Waals surface area contributed by atoms with Crippen molar-refractivity contribution in [3.8, 4) is 5.75 Å². The fraction of sp³-hybridized carbons (Fsp3) is 0.467. The van der Waals surface area contributed by atoms with Gasteiger partial charge in [-0.15, -0.1) is 0 Å². The molecular weight excluding hydrogens is 228 g/mol. The van der Waals surface area contributed by atoms with Crippen LogP contribution in [0.15, 0.2) is 24.3 Å². The van der Waals surface area contributed by atoms with Gasteiger partial charge >= 0.3 is 0 Å². The second-order valence-electron chi connectivity index (χ2n) is 4.87. The Morgan fingerprint density at radius 1 is 1.28 bits per heavy atom. The summed E-state index contributed by atoms with van der Waals surface area (Å²) >= 11 is 0. The molecule has 1 aromatic rings. The third-order valence-corrected chi connectivity index (χ3v) is 3.73. The van der Waals surface area contributed by atoms with Gasteiger partial charge in [0.25, 0.3) is 0 Å². The molecule has 1 aliphatic carbocycles. The monoisotopic (exact) mass is 246 g/mol. The molecule has 0 unspecified atom stereocenters. The molecule has 3 nitrogen and oxygen atoms in total. The molecule has 2 atom stereocenters. The van der Waals surface area contributed by atoms with E-state index < -0.39 is 5.92 Å². The maximum Gasteiger partial charge on any atom is 0.143 e. The molecule has 96 valence electrons. The van der Waals surface area contributed by atoms with Crippen LogP contribution in [0.2, 0.25) is 0 Å². The number of hydrogen-bond acceptors (Lipinski definition) is 3. The first-order chi connectivity index (χ1) is 8.61. The van der Waals surface area contributed by atoms with Crippen molar-refractivity contribution in [2.75, 3.05) is 7.11 Å². The van der Waals surface area contributed by atoms with Gasteiger partial charge in [-0.25, -0.2) is 0 Å². The van der Waals surface area contributed by atoms with Crippen molar-refractivity contribution in [1.29, 1.82) is 0 Å². The molecule has 0 aliphatic heterocycles. The van der Waals surface area contributed by atoms with Gasteiger partial charge < -0.3 is 4.74 Å². The number of Topliss-reactive ketones (excluding diaryl/α,β-unsaturated/α-hetero) is 2. The van der Waals surface area contributed by atoms with Crippen LogP contribution >= 0.6 is 0 Å². The number of hydrogen-bond donors (Lipinski definition) is 0. The first-order valence-electron chi connectivity index (χ1n) is 6.29. The topological polar surface area (TPSA) is 43.4 Å². The molecule has 3 heteroatoms. The van der Waals surface area contributed by atoms with Crippen LogP contribution in [-0.2, 0) is 9.59 Å². The lowest BCUT2D eigenvalue weighted by Gasteiger charge is -2.27. The van der Waals surface area contributed by atoms with E-state index in [9.17, 15) is 9.59 Å². The van der Waals surface area contributed by atoms with Gasteiger partial charge in [0.1, 0.15) is 17.3 Å². The van der Waals surface area contributed by atoms with Gasteiger partial charge in [0.15, 0.2) is 0 Å². The molecule has 0 saturated heterocycles. The number of rotatable bonds is 3. The summed E-state index contributed by atoms with van der Waals surface area (Å²) in [5.74, 6) is 0.840. The van der Waals surface area contributed by atoms with Crippen molar-refractivity contribution in [1.82, 2.24) is 0 Å². The SMILES string of the molecule is COc1ccc([C@@H]2CCC(=O)[C@@H](C(C)=O)C2)cc1. The van der Waals surface area contributed by atoms with Crippen molar-refractivity contribution in [2.24, 2.45) is 5.92 Å². The molecule has 1 aliphatic rings. The maximum absolute atomic E-state index is 11.7. The van der Waals surface area contributed by atoms with Crippen molar-refractivity contribution >= 4 is 11.6 Å². The average Bonchev–Trinajstić information content (AvgIpc) is 2.39. The number of methoxy groups -OCH3 is 1. The summed E-state index contributed by atoms with van der Waals surface area (Å²) in [6, 6.07) is 7.90. The summed E-state index contributed by atoms with van der Waals surface area (Å²) in [5.41, 5.74) is 1.19. The number of carbonyl (C=O) groups is 2. The largest absolute Gasteiger partial charge is 0.497 e. The summed E-state index contributed by atoms with van der Waals surface area (Å²) in [6.45, 7) is 1.51. The molecule has 1 aromatic carbocycles. The maximum atomic E-state index is 11.7. The molecular formula is C15H18O3. The van der Waals surface area contributed by atoms with E-state index in [1.54, 1.807) is 7.11 Å². The Balaban J connectivity index is 2.13. The Morgan fingerprint density at radius 3 is 2.50 bits per heavy atom. The van der Waals surface area contributed by atoms with E-state index in [4.69, 9.17) is 4.74 Å². The molecule has 0 amide bonds. The van der Waals surface area contributed by atoms with Crippen LogP contribution in [0.3, 0.4) is 0 Å². The second-order valence-corrected chi connectivity index (χ2v) is 4.87. The van der Waals surface area contributed by atoms with Crippen LogP contribution in [0.5, 0.6) is 5.75 Å². The minimum absolute atomic E-state index is 0.00166. The normalized spacial score (nSPS) is 23.8. The Morgan fingerprint density at radius 2 is 1.94 bits per heavy atom. The zero-order chi connectivity index (χ0) is 13.1. The molecule has 2 rings (SSSR count). The van der Waals surface area contributed by atoms with E-state index in [-0.39, 0.29) is 11.6 Å². The molecule has 1 saturated carbocycles. The van der Waals surface area contributed by atoms with Crippen molar-refractivity contribution in [3.63, 3.8) is 0 Å². The van der Waals surface area contributed by atoms with Crippen LogP contribution in [0.4, 0.5) is 0 Å². The first-order valence-corrected chi connectivity index (χ1v) is 6.29. The summed E-state index contributed by atoms with van der Waals surface area (Å²) in [5, 5.41) is 0. The number of carbonyl (C=O) groups excluding carboxylic acids is 2. The van der Waals surface area contributed by atoms with E-state index in [0.29, 0.717) is 18.8 Å². The highest BCUT2D eigenvalue weighted by Crippen LogP contribution is 2.35. The third kappa shape index (κ3) is 2.61. The van der Waals surface area contributed by atoms with Gasteiger partial charge in [-0.2, -0.15) is 0 Å². The lowest BCUT2D eigenvalue weighted by Crippen LogP contribution is -2.29. The lowest BCUT2D eigenvalue weighted by molar-refractivity contribution is -0.133. The second kappa shape index (κ2) is 5.34. The zero-order valence-electron chi connectivity index (χ0n) is 10.8. The molecule has 0 radical (unpaired) electrons. The summed E-state index contributed by atoms with van der Waals surface area (Å²) in [6.07, 6.45) is 2.01. The first kappa shape index (κ1) is 12.8. The van der Waals surface area contributed by atoms with Crippen molar-refractivity contribution in [2.45, 2.75) is 32.1 Å². The Hall–Kier alpha value is -1.64. The van der Waals surface area contributed by atoms with Gasteiger partial charge in [0.05, 0.1) is 13.0 Å². The van der Waals surface area contributed by atoms with Gasteiger partial charge in [0.2, 0.25) is 0 Å². The molecule has 0 spiro atoms. The molecule has 0 aromatic heterocycles. The molecule has 18 heavy (non-hydrogen) atoms. The van der Waals surface area contributed by atoms with Crippen LogP contribution < -0.4 is 4.74 Å². The molecule has 0 bridgehead atoms. The highest BCUT2D eigenvalue weighted by molar-refractivity contribution is 6.01. The minimum atomic E-state index is -0.397. The van der Waals surface area contributed by atoms with E-state index >= 15 is 0 Å². The Kier molecular flexibility index (Phi) is 3.80. The number of ketones is 2. The van der Waals surface area contributed by atoms with Crippen LogP contribution in [0.1, 0.15) is 37.7 Å². The fourth-order valence-corrected chi connectivity index (χ4v) is 2.60. The van der Waals surface area contributed by atoms with Gasteiger partial charge in [-0.05, 0) is 43.4 Å². The zero-order valence-corrected chi connectivity index (χ0v) is 10.8. The van der Waals surface area contributed by atoms with Crippen LogP contribution in [0.25, 0.3) is 0 Å². The van der Waals surface area contributed by atoms with E-state index in [1.807, 2.05) is 24.3 Å². The lowest BCUT2D eigenvalue weighted by atomic mass is 9.76. The predicted molar refractivity (Wildman–Crippen MR) is 68.8 cm³/mol. The average molecular weight is 246 g/mol. The quantitative estimate of drug-likeness (QED) is 0.770. The third-order valence-electron chi connectivity index (χ3n) is 3.73. The summed E-state index contributed by atoms with van der Waals surface area (Å²) in [7, 11) is 1.64. The minimum Gasteiger partial charge on any atom is -0.497 e. The van der Waals surface area contributed by atoms with E-state index in [1.165, 1.54) is 12.5 Å². The summed E-state index contributed by atoms with van der Waals surface area (Å²) < 4.78 is 5.12. The van der Waals surface area contributed by atoms with Gasteiger partial charge in [-0.3, -0.25) is 9.59 Å². The molecule has 0 N–H and O–H groups in total. The Bertz CT molecular complexity index is 447. The smallest absolute Gasteiger partial charge is 0.143 e. The predicted octanol–water partition coefficient (Wildman–Crippen LogP) is 2.74. The summed E-state index contributed by atoms with van der Waals surface area (Å²) in [4.78, 5) is 23.1. The molecule has 1 fully saturated rings. The number of ether oxygens (including phenoxy) is 1. The van der Waals surface area contributed by atoms with Crippen molar-refractivity contribution in [3.05, 3.63) is 29.8 Å². The molecule has 0 heterocycles. The fourth-order valence-electron chi connectivity index (χ4n) is 2.60. The van der Waals surface area contributed by atoms with Crippen LogP contribution in [-0.4, -0.2) is 18.7 Å². The highest BCUT2D eigenvalue weighted by atomic mass is 16.5. The van der Waals surface area contributed by atoms with E-state index in [2.05, 4.69) is 0 Å².